The molecule has 80 valence electrons. The number of aromatic nitrogens is 1. The van der Waals surface area contributed by atoms with Crippen molar-refractivity contribution >= 4 is 18.2 Å². The maximum Gasteiger partial charge on any atom is 0.148 e. The smallest absolute Gasteiger partial charge is 0.148 e. The highest BCUT2D eigenvalue weighted by molar-refractivity contribution is 5.85. The third-order valence-electron chi connectivity index (χ3n) is 2.19. The maximum absolute atomic E-state index is 13.4. The summed E-state index contributed by atoms with van der Waals surface area (Å²) in [6.07, 6.45) is 2.17. The summed E-state index contributed by atoms with van der Waals surface area (Å²) in [6.45, 7) is 1.65. The fraction of sp³-hybridized carbons (Fsp3) is 0.444. The summed E-state index contributed by atoms with van der Waals surface area (Å²) in [5.74, 6) is 0.650. The van der Waals surface area contributed by atoms with Crippen LogP contribution >= 0.6 is 12.4 Å². The number of anilines is 1. The molecule has 1 aromatic heterocycles. The van der Waals surface area contributed by atoms with E-state index in [-0.39, 0.29) is 23.7 Å². The molecule has 0 amide bonds. The van der Waals surface area contributed by atoms with Crippen LogP contribution in [0.5, 0.6) is 0 Å². The summed E-state index contributed by atoms with van der Waals surface area (Å²) in [5.41, 5.74) is 6.68. The van der Waals surface area contributed by atoms with Crippen molar-refractivity contribution in [2.24, 2.45) is 0 Å². The van der Waals surface area contributed by atoms with Crippen LogP contribution in [0.4, 0.5) is 10.2 Å². The summed E-state index contributed by atoms with van der Waals surface area (Å²) in [6, 6.07) is 1.65. The van der Waals surface area contributed by atoms with Gasteiger partial charge in [-0.25, -0.2) is 9.37 Å². The Bertz CT molecular complexity index is 329. The minimum absolute atomic E-state index is 0. The van der Waals surface area contributed by atoms with E-state index in [1.807, 2.05) is 0 Å². The third kappa shape index (κ3) is 2.33. The van der Waals surface area contributed by atoms with E-state index in [0.29, 0.717) is 17.4 Å². The minimum Gasteiger partial charge on any atom is -0.412 e. The van der Waals surface area contributed by atoms with E-state index in [1.165, 1.54) is 0 Å². The number of pyridine rings is 1. The molecule has 1 fully saturated rings. The molecular formula is C9H14ClFN2O. The molecule has 0 aromatic carbocycles. The number of rotatable bonds is 1. The molecule has 0 unspecified atom stereocenters. The monoisotopic (exact) mass is 220 g/mol. The zero-order valence-corrected chi connectivity index (χ0v) is 8.70. The Morgan fingerprint density at radius 1 is 1.50 bits per heavy atom. The molecule has 3 nitrogen and oxygen atoms in total. The molecular weight excluding hydrogens is 207 g/mol. The molecule has 4 N–H and O–H groups in total. The highest BCUT2D eigenvalue weighted by Crippen LogP contribution is 2.41. The Balaban J connectivity index is 0.000000845. The number of hydrogen-bond acceptors (Lipinski definition) is 2. The van der Waals surface area contributed by atoms with E-state index >= 15 is 0 Å². The average molecular weight is 221 g/mol. The Morgan fingerprint density at radius 2 is 2.07 bits per heavy atom. The predicted octanol–water partition coefficient (Wildman–Crippen LogP) is 1.59. The van der Waals surface area contributed by atoms with E-state index in [0.717, 1.165) is 18.4 Å². The predicted molar refractivity (Wildman–Crippen MR) is 56.2 cm³/mol. The van der Waals surface area contributed by atoms with E-state index < -0.39 is 0 Å². The molecule has 1 aromatic rings. The lowest BCUT2D eigenvalue weighted by atomic mass is 10.1. The lowest BCUT2D eigenvalue weighted by Crippen LogP contribution is -1.99. The zero-order valence-electron chi connectivity index (χ0n) is 7.88. The second-order valence-corrected chi connectivity index (χ2v) is 3.31. The van der Waals surface area contributed by atoms with Crippen LogP contribution in [0.1, 0.15) is 30.0 Å². The summed E-state index contributed by atoms with van der Waals surface area (Å²) in [4.78, 5) is 3.85. The molecule has 14 heavy (non-hydrogen) atoms. The molecule has 0 atom stereocenters. The number of halogens is 2. The van der Waals surface area contributed by atoms with Crippen LogP contribution in [0, 0.1) is 12.7 Å². The lowest BCUT2D eigenvalue weighted by molar-refractivity contribution is 0.593. The summed E-state index contributed by atoms with van der Waals surface area (Å²) in [5, 5.41) is 0. The first-order valence-corrected chi connectivity index (χ1v) is 4.11. The van der Waals surface area contributed by atoms with Gasteiger partial charge in [-0.05, 0) is 37.3 Å². The standard InChI is InChI=1S/C9H11FN2.ClH.H2O/c1-5-9(10)7(6-2-3-6)4-8(11)12-5;;/h4,6H,2-3H2,1H3,(H2,11,12);1H;1H2. The third-order valence-corrected chi connectivity index (χ3v) is 2.19. The summed E-state index contributed by atoms with van der Waals surface area (Å²) in [7, 11) is 0. The second kappa shape index (κ2) is 4.57. The Kier molecular flexibility index (Phi) is 4.29. The normalized spacial score (nSPS) is 14.1. The molecule has 1 aliphatic carbocycles. The maximum atomic E-state index is 13.4. The van der Waals surface area contributed by atoms with Crippen molar-refractivity contribution < 1.29 is 9.87 Å². The van der Waals surface area contributed by atoms with Gasteiger partial charge in [-0.2, -0.15) is 0 Å². The van der Waals surface area contributed by atoms with Crippen LogP contribution in [0.3, 0.4) is 0 Å². The fourth-order valence-electron chi connectivity index (χ4n) is 1.40. The molecule has 0 spiro atoms. The zero-order chi connectivity index (χ0) is 8.72. The van der Waals surface area contributed by atoms with Crippen molar-refractivity contribution in [2.45, 2.75) is 25.7 Å². The van der Waals surface area contributed by atoms with Crippen LogP contribution in [0.2, 0.25) is 0 Å². The molecule has 0 radical (unpaired) electrons. The van der Waals surface area contributed by atoms with Gasteiger partial charge in [0.2, 0.25) is 0 Å². The Labute approximate surface area is 88.2 Å². The van der Waals surface area contributed by atoms with Gasteiger partial charge in [-0.1, -0.05) is 0 Å². The van der Waals surface area contributed by atoms with Crippen LogP contribution in [0.15, 0.2) is 6.07 Å². The first-order valence-electron chi connectivity index (χ1n) is 4.11. The molecule has 5 heteroatoms. The van der Waals surface area contributed by atoms with Gasteiger partial charge in [0.15, 0.2) is 0 Å². The van der Waals surface area contributed by atoms with Crippen molar-refractivity contribution in [1.29, 1.82) is 0 Å². The Morgan fingerprint density at radius 3 is 2.57 bits per heavy atom. The van der Waals surface area contributed by atoms with E-state index in [9.17, 15) is 4.39 Å². The molecule has 0 saturated heterocycles. The first kappa shape index (κ1) is 13.1. The average Bonchev–Trinajstić information content (AvgIpc) is 2.79. The van der Waals surface area contributed by atoms with Crippen LogP contribution in [-0.2, 0) is 0 Å². The molecule has 1 saturated carbocycles. The van der Waals surface area contributed by atoms with E-state index in [4.69, 9.17) is 5.73 Å². The van der Waals surface area contributed by atoms with Crippen molar-refractivity contribution in [1.82, 2.24) is 4.98 Å². The van der Waals surface area contributed by atoms with Gasteiger partial charge in [0, 0.05) is 0 Å². The summed E-state index contributed by atoms with van der Waals surface area (Å²) >= 11 is 0. The van der Waals surface area contributed by atoms with Gasteiger partial charge in [0.05, 0.1) is 5.69 Å². The molecule has 1 aliphatic rings. The molecule has 1 heterocycles. The Hall–Kier alpha value is -0.870. The van der Waals surface area contributed by atoms with E-state index in [2.05, 4.69) is 4.98 Å². The SMILES string of the molecule is Cc1nc(N)cc(C2CC2)c1F.Cl.O. The first-order chi connectivity index (χ1) is 5.68. The van der Waals surface area contributed by atoms with Crippen molar-refractivity contribution in [3.05, 3.63) is 23.1 Å². The number of hydrogen-bond donors (Lipinski definition) is 1. The fourth-order valence-corrected chi connectivity index (χ4v) is 1.40. The van der Waals surface area contributed by atoms with Gasteiger partial charge >= 0.3 is 0 Å². The molecule has 2 rings (SSSR count). The lowest BCUT2D eigenvalue weighted by Gasteiger charge is -2.04. The quantitative estimate of drug-likeness (QED) is 0.781. The summed E-state index contributed by atoms with van der Waals surface area (Å²) < 4.78 is 13.4. The van der Waals surface area contributed by atoms with Crippen molar-refractivity contribution in [3.8, 4) is 0 Å². The van der Waals surface area contributed by atoms with E-state index in [1.54, 1.807) is 13.0 Å². The molecule has 0 bridgehead atoms. The van der Waals surface area contributed by atoms with Gasteiger partial charge in [-0.3, -0.25) is 0 Å². The van der Waals surface area contributed by atoms with Gasteiger partial charge < -0.3 is 11.2 Å². The number of nitrogen functional groups attached to an aromatic ring is 1. The highest BCUT2D eigenvalue weighted by atomic mass is 35.5. The van der Waals surface area contributed by atoms with Gasteiger partial charge in [0.1, 0.15) is 11.6 Å². The number of aryl methyl sites for hydroxylation is 1. The highest BCUT2D eigenvalue weighted by Gasteiger charge is 2.27. The van der Waals surface area contributed by atoms with Gasteiger partial charge in [-0.15, -0.1) is 12.4 Å². The number of nitrogens with zero attached hydrogens (tertiary/aromatic N) is 1. The van der Waals surface area contributed by atoms with Crippen LogP contribution in [-0.4, -0.2) is 10.5 Å². The largest absolute Gasteiger partial charge is 0.412 e. The van der Waals surface area contributed by atoms with Crippen molar-refractivity contribution in [2.75, 3.05) is 5.73 Å². The molecule has 0 aliphatic heterocycles. The number of nitrogens with two attached hydrogens (primary N) is 1. The van der Waals surface area contributed by atoms with Crippen molar-refractivity contribution in [3.63, 3.8) is 0 Å². The second-order valence-electron chi connectivity index (χ2n) is 3.31. The topological polar surface area (TPSA) is 70.4 Å². The minimum atomic E-state index is -0.174. The van der Waals surface area contributed by atoms with Gasteiger partial charge in [0.25, 0.3) is 0 Å². The van der Waals surface area contributed by atoms with Crippen LogP contribution in [0.25, 0.3) is 0 Å². The van der Waals surface area contributed by atoms with Crippen LogP contribution < -0.4 is 5.73 Å².